The highest BCUT2D eigenvalue weighted by molar-refractivity contribution is 6.21. The predicted molar refractivity (Wildman–Crippen MR) is 64.3 cm³/mol. The number of imide groups is 1. The summed E-state index contributed by atoms with van der Waals surface area (Å²) in [6, 6.07) is 6.03. The van der Waals surface area contributed by atoms with E-state index in [9.17, 15) is 18.8 Å². The fourth-order valence-corrected chi connectivity index (χ4v) is 1.82. The van der Waals surface area contributed by atoms with Crippen LogP contribution in [0.2, 0.25) is 0 Å². The average molecular weight is 287 g/mol. The van der Waals surface area contributed by atoms with E-state index in [0.29, 0.717) is 5.06 Å². The maximum atomic E-state index is 12.9. The van der Waals surface area contributed by atoms with Gasteiger partial charge in [0.1, 0.15) is 0 Å². The summed E-state index contributed by atoms with van der Waals surface area (Å²) >= 11 is 0. The molecule has 2 heterocycles. The molecule has 104 valence electrons. The number of nitrogens with zero attached hydrogens (tertiary/aromatic N) is 3. The van der Waals surface area contributed by atoms with E-state index < -0.39 is 29.4 Å². The minimum absolute atomic E-state index is 0.126. The number of aromatic nitrogens is 2. The Morgan fingerprint density at radius 1 is 1.10 bits per heavy atom. The lowest BCUT2D eigenvalue weighted by molar-refractivity contribution is -0.0589. The van der Waals surface area contributed by atoms with Crippen LogP contribution < -0.4 is 0 Å². The molecular weight excluding hydrogens is 281 g/mol. The van der Waals surface area contributed by atoms with Gasteiger partial charge in [0.25, 0.3) is 11.8 Å². The average Bonchev–Trinajstić information content (AvgIpc) is 2.73. The van der Waals surface area contributed by atoms with E-state index in [1.165, 1.54) is 12.1 Å². The summed E-state index contributed by atoms with van der Waals surface area (Å²) in [6.45, 7) is 0. The molecule has 0 atom stereocenters. The van der Waals surface area contributed by atoms with Gasteiger partial charge in [0.2, 0.25) is 5.95 Å². The molecule has 1 aromatic carbocycles. The number of rotatable bonds is 2. The van der Waals surface area contributed by atoms with Gasteiger partial charge in [-0.1, -0.05) is 17.2 Å². The Hall–Kier alpha value is -3.16. The highest BCUT2D eigenvalue weighted by atomic mass is 19.1. The number of hydrogen-bond donors (Lipinski definition) is 0. The maximum absolute atomic E-state index is 12.9. The number of carbonyl (C=O) groups excluding carboxylic acids is 3. The molecule has 2 aromatic rings. The maximum Gasteiger partial charge on any atom is 0.383 e. The summed E-state index contributed by atoms with van der Waals surface area (Å²) in [5, 5.41) is 0.319. The van der Waals surface area contributed by atoms with Crippen LogP contribution in [0.4, 0.5) is 4.39 Å². The molecule has 7 nitrogen and oxygen atoms in total. The normalized spacial score (nSPS) is 13.3. The first-order valence-electron chi connectivity index (χ1n) is 5.75. The van der Waals surface area contributed by atoms with Crippen LogP contribution in [0, 0.1) is 5.95 Å². The fraction of sp³-hybridized carbons (Fsp3) is 0. The largest absolute Gasteiger partial charge is 0.383 e. The summed E-state index contributed by atoms with van der Waals surface area (Å²) in [5.74, 6) is -3.68. The SMILES string of the molecule is O=C(ON1C(=O)c2ccccc2C1=O)c1cncc(F)n1. The highest BCUT2D eigenvalue weighted by Gasteiger charge is 2.39. The molecule has 0 bridgehead atoms. The Morgan fingerprint density at radius 3 is 2.29 bits per heavy atom. The van der Waals surface area contributed by atoms with Gasteiger partial charge >= 0.3 is 5.97 Å². The molecule has 2 amide bonds. The first kappa shape index (κ1) is 12.9. The Labute approximate surface area is 116 Å². The highest BCUT2D eigenvalue weighted by Crippen LogP contribution is 2.23. The van der Waals surface area contributed by atoms with Crippen molar-refractivity contribution in [2.75, 3.05) is 0 Å². The van der Waals surface area contributed by atoms with E-state index in [2.05, 4.69) is 14.8 Å². The quantitative estimate of drug-likeness (QED) is 0.765. The zero-order valence-corrected chi connectivity index (χ0v) is 10.3. The van der Waals surface area contributed by atoms with Gasteiger partial charge in [-0.2, -0.15) is 4.39 Å². The zero-order valence-electron chi connectivity index (χ0n) is 10.3. The van der Waals surface area contributed by atoms with Crippen molar-refractivity contribution >= 4 is 17.8 Å². The van der Waals surface area contributed by atoms with Crippen LogP contribution in [0.5, 0.6) is 0 Å². The Bertz CT molecular complexity index is 743. The van der Waals surface area contributed by atoms with Crippen molar-refractivity contribution in [1.82, 2.24) is 15.0 Å². The van der Waals surface area contributed by atoms with Crippen LogP contribution in [0.25, 0.3) is 0 Å². The lowest BCUT2D eigenvalue weighted by atomic mass is 10.1. The van der Waals surface area contributed by atoms with Crippen molar-refractivity contribution in [3.05, 3.63) is 59.4 Å². The first-order chi connectivity index (χ1) is 10.1. The van der Waals surface area contributed by atoms with Crippen molar-refractivity contribution in [3.63, 3.8) is 0 Å². The minimum Gasteiger partial charge on any atom is -0.322 e. The Balaban J connectivity index is 1.85. The third-order valence-electron chi connectivity index (χ3n) is 2.75. The molecule has 8 heteroatoms. The number of hydroxylamine groups is 2. The predicted octanol–water partition coefficient (Wildman–Crippen LogP) is 0.984. The van der Waals surface area contributed by atoms with Gasteiger partial charge in [-0.15, -0.1) is 0 Å². The van der Waals surface area contributed by atoms with Crippen LogP contribution in [0.3, 0.4) is 0 Å². The van der Waals surface area contributed by atoms with Gasteiger partial charge in [-0.25, -0.2) is 9.78 Å². The smallest absolute Gasteiger partial charge is 0.322 e. The van der Waals surface area contributed by atoms with Gasteiger partial charge in [-0.3, -0.25) is 14.6 Å². The first-order valence-corrected chi connectivity index (χ1v) is 5.75. The van der Waals surface area contributed by atoms with E-state index in [1.807, 2.05) is 0 Å². The Morgan fingerprint density at radius 2 is 1.71 bits per heavy atom. The third-order valence-corrected chi connectivity index (χ3v) is 2.75. The van der Waals surface area contributed by atoms with E-state index >= 15 is 0 Å². The molecule has 0 spiro atoms. The van der Waals surface area contributed by atoms with Gasteiger partial charge < -0.3 is 4.84 Å². The standard InChI is InChI=1S/C13H6FN3O4/c14-10-6-15-5-9(16-10)13(20)21-17-11(18)7-3-1-2-4-8(7)12(17)19/h1-6H. The molecule has 0 fully saturated rings. The van der Waals surface area contributed by atoms with Crippen molar-refractivity contribution < 1.29 is 23.6 Å². The summed E-state index contributed by atoms with van der Waals surface area (Å²) in [7, 11) is 0. The molecule has 0 radical (unpaired) electrons. The summed E-state index contributed by atoms with van der Waals surface area (Å²) < 4.78 is 12.9. The molecule has 0 aliphatic carbocycles. The van der Waals surface area contributed by atoms with E-state index in [1.54, 1.807) is 12.1 Å². The molecule has 1 aliphatic rings. The molecule has 0 N–H and O–H groups in total. The van der Waals surface area contributed by atoms with Crippen molar-refractivity contribution in [2.24, 2.45) is 0 Å². The van der Waals surface area contributed by atoms with Crippen molar-refractivity contribution in [2.45, 2.75) is 0 Å². The summed E-state index contributed by atoms with van der Waals surface area (Å²) in [4.78, 5) is 47.1. The molecule has 1 aromatic heterocycles. The van der Waals surface area contributed by atoms with E-state index in [0.717, 1.165) is 12.4 Å². The molecular formula is C13H6FN3O4. The second-order valence-corrected chi connectivity index (χ2v) is 4.06. The van der Waals surface area contributed by atoms with Gasteiger partial charge in [-0.05, 0) is 12.1 Å². The molecule has 0 unspecified atom stereocenters. The monoisotopic (exact) mass is 287 g/mol. The number of benzene rings is 1. The summed E-state index contributed by atoms with van der Waals surface area (Å²) in [6.07, 6.45) is 1.77. The lowest BCUT2D eigenvalue weighted by Gasteiger charge is -2.11. The minimum atomic E-state index is -1.16. The number of carbonyl (C=O) groups is 3. The fourth-order valence-electron chi connectivity index (χ4n) is 1.82. The number of amides is 2. The van der Waals surface area contributed by atoms with E-state index in [4.69, 9.17) is 0 Å². The molecule has 0 saturated heterocycles. The van der Waals surface area contributed by atoms with Crippen molar-refractivity contribution in [1.29, 1.82) is 0 Å². The number of halogens is 1. The molecule has 3 rings (SSSR count). The lowest BCUT2D eigenvalue weighted by Crippen LogP contribution is -2.33. The van der Waals surface area contributed by atoms with Crippen LogP contribution in [0.1, 0.15) is 31.2 Å². The van der Waals surface area contributed by atoms with E-state index in [-0.39, 0.29) is 11.1 Å². The number of fused-ring (bicyclic) bond motifs is 1. The molecule has 1 aliphatic heterocycles. The summed E-state index contributed by atoms with van der Waals surface area (Å²) in [5.41, 5.74) is -0.201. The van der Waals surface area contributed by atoms with Gasteiger partial charge in [0.05, 0.1) is 23.5 Å². The number of hydrogen-bond acceptors (Lipinski definition) is 6. The third kappa shape index (κ3) is 2.12. The van der Waals surface area contributed by atoms with Gasteiger partial charge in [0, 0.05) is 0 Å². The van der Waals surface area contributed by atoms with Crippen molar-refractivity contribution in [3.8, 4) is 0 Å². The van der Waals surface area contributed by atoms with Crippen LogP contribution >= 0.6 is 0 Å². The van der Waals surface area contributed by atoms with Gasteiger partial charge in [0.15, 0.2) is 5.69 Å². The second-order valence-electron chi connectivity index (χ2n) is 4.06. The molecule has 0 saturated carbocycles. The topological polar surface area (TPSA) is 89.5 Å². The zero-order chi connectivity index (χ0) is 15.0. The van der Waals surface area contributed by atoms with Crippen LogP contribution in [-0.4, -0.2) is 32.8 Å². The van der Waals surface area contributed by atoms with Crippen LogP contribution in [-0.2, 0) is 4.84 Å². The molecule has 21 heavy (non-hydrogen) atoms. The second kappa shape index (κ2) is 4.75. The van der Waals surface area contributed by atoms with Crippen LogP contribution in [0.15, 0.2) is 36.7 Å². The Kier molecular flexibility index (Phi) is 2.90.